The van der Waals surface area contributed by atoms with Gasteiger partial charge in [0.05, 0.1) is 27.8 Å². The maximum atomic E-state index is 12.9. The summed E-state index contributed by atoms with van der Waals surface area (Å²) in [6, 6.07) is 17.7. The van der Waals surface area contributed by atoms with Crippen molar-refractivity contribution in [3.63, 3.8) is 0 Å². The van der Waals surface area contributed by atoms with Gasteiger partial charge in [-0.25, -0.2) is 9.79 Å². The van der Waals surface area contributed by atoms with Gasteiger partial charge < -0.3 is 14.6 Å². The minimum absolute atomic E-state index is 0.168. The molecule has 3 aromatic carbocycles. The number of amides is 1. The number of aliphatic imine (C=N–C) groups is 1. The number of carbonyl (C=O) groups is 2. The smallest absolute Gasteiger partial charge is 0.335 e. The zero-order chi connectivity index (χ0) is 26.5. The molecule has 1 aliphatic heterocycles. The standard InChI is InChI=1S/C27H22ClIN2O5S/c1-3-35-22-13-17(12-21(28)24(22)36-15-16-4-8-19(29)9-5-16)14-23-25(32)31(2)27(37-23)30-20-10-6-18(7-11-20)26(33)34/h4-14H,3,15H2,1-2H3,(H,33,34)/b23-14-,30-27?. The van der Waals surface area contributed by atoms with Crippen molar-refractivity contribution in [1.82, 2.24) is 4.90 Å². The average molecular weight is 649 g/mol. The maximum Gasteiger partial charge on any atom is 0.335 e. The van der Waals surface area contributed by atoms with Crippen molar-refractivity contribution >= 4 is 74.8 Å². The Labute approximate surface area is 237 Å². The second kappa shape index (κ2) is 12.0. The van der Waals surface area contributed by atoms with Crippen LogP contribution in [-0.4, -0.2) is 40.7 Å². The third-order valence-electron chi connectivity index (χ3n) is 5.27. The second-order valence-electron chi connectivity index (χ2n) is 7.90. The Hall–Kier alpha value is -3.02. The zero-order valence-corrected chi connectivity index (χ0v) is 23.6. The van der Waals surface area contributed by atoms with Crippen LogP contribution in [0.15, 0.2) is 70.6 Å². The van der Waals surface area contributed by atoms with Gasteiger partial charge in [0.25, 0.3) is 5.91 Å². The molecule has 3 aromatic rings. The fraction of sp³-hybridized carbons (Fsp3) is 0.148. The molecular weight excluding hydrogens is 627 g/mol. The van der Waals surface area contributed by atoms with Crippen molar-refractivity contribution in [2.24, 2.45) is 4.99 Å². The quantitative estimate of drug-likeness (QED) is 0.212. The highest BCUT2D eigenvalue weighted by Crippen LogP contribution is 2.39. The van der Waals surface area contributed by atoms with Gasteiger partial charge in [-0.05, 0) is 107 Å². The summed E-state index contributed by atoms with van der Waals surface area (Å²) in [6.07, 6.45) is 1.73. The van der Waals surface area contributed by atoms with Gasteiger partial charge >= 0.3 is 5.97 Å². The molecular formula is C27H22ClIN2O5S. The fourth-order valence-electron chi connectivity index (χ4n) is 3.40. The largest absolute Gasteiger partial charge is 0.490 e. The average Bonchev–Trinajstić information content (AvgIpc) is 3.12. The zero-order valence-electron chi connectivity index (χ0n) is 19.9. The minimum Gasteiger partial charge on any atom is -0.490 e. The lowest BCUT2D eigenvalue weighted by Gasteiger charge is -2.15. The normalized spacial score (nSPS) is 15.5. The van der Waals surface area contributed by atoms with Gasteiger partial charge in [-0.2, -0.15) is 0 Å². The van der Waals surface area contributed by atoms with Crippen LogP contribution in [0.3, 0.4) is 0 Å². The van der Waals surface area contributed by atoms with Crippen LogP contribution >= 0.6 is 46.0 Å². The molecule has 0 unspecified atom stereocenters. The molecule has 0 bridgehead atoms. The lowest BCUT2D eigenvalue weighted by Crippen LogP contribution is -2.23. The Balaban J connectivity index is 1.57. The van der Waals surface area contributed by atoms with Crippen molar-refractivity contribution in [3.8, 4) is 11.5 Å². The SMILES string of the molecule is CCOc1cc(/C=C2\SC(=Nc3ccc(C(=O)O)cc3)N(C)C2=O)cc(Cl)c1OCc1ccc(I)cc1. The Morgan fingerprint density at radius 2 is 1.84 bits per heavy atom. The molecule has 7 nitrogen and oxygen atoms in total. The highest BCUT2D eigenvalue weighted by Gasteiger charge is 2.30. The first-order valence-electron chi connectivity index (χ1n) is 11.2. The Morgan fingerprint density at radius 1 is 1.14 bits per heavy atom. The molecule has 4 rings (SSSR count). The van der Waals surface area contributed by atoms with E-state index in [9.17, 15) is 9.59 Å². The maximum absolute atomic E-state index is 12.9. The van der Waals surface area contributed by atoms with E-state index >= 15 is 0 Å². The van der Waals surface area contributed by atoms with Crippen LogP contribution in [0, 0.1) is 3.57 Å². The molecule has 0 aromatic heterocycles. The summed E-state index contributed by atoms with van der Waals surface area (Å²) in [5.41, 5.74) is 2.41. The van der Waals surface area contributed by atoms with Crippen molar-refractivity contribution in [2.45, 2.75) is 13.5 Å². The number of carboxylic acid groups (broad SMARTS) is 1. The highest BCUT2D eigenvalue weighted by molar-refractivity contribution is 14.1. The molecule has 1 saturated heterocycles. The lowest BCUT2D eigenvalue weighted by molar-refractivity contribution is -0.121. The van der Waals surface area contributed by atoms with Gasteiger partial charge in [-0.1, -0.05) is 23.7 Å². The van der Waals surface area contributed by atoms with Crippen LogP contribution < -0.4 is 9.47 Å². The number of rotatable bonds is 8. The summed E-state index contributed by atoms with van der Waals surface area (Å²) in [5.74, 6) is -0.287. The predicted molar refractivity (Wildman–Crippen MR) is 155 cm³/mol. The van der Waals surface area contributed by atoms with Gasteiger partial charge in [0.1, 0.15) is 6.61 Å². The van der Waals surface area contributed by atoms with E-state index in [0.717, 1.165) is 9.13 Å². The summed E-state index contributed by atoms with van der Waals surface area (Å²) in [4.78, 5) is 30.4. The molecule has 1 aliphatic rings. The summed E-state index contributed by atoms with van der Waals surface area (Å²) < 4.78 is 12.9. The summed E-state index contributed by atoms with van der Waals surface area (Å²) in [6.45, 7) is 2.63. The number of halogens is 2. The van der Waals surface area contributed by atoms with E-state index in [1.54, 1.807) is 37.4 Å². The molecule has 190 valence electrons. The number of ether oxygens (including phenoxy) is 2. The molecule has 1 fully saturated rings. The van der Waals surface area contributed by atoms with Gasteiger partial charge in [-0.3, -0.25) is 9.69 Å². The lowest BCUT2D eigenvalue weighted by atomic mass is 10.1. The van der Waals surface area contributed by atoms with Crippen LogP contribution in [0.25, 0.3) is 6.08 Å². The first kappa shape index (κ1) is 27.0. The number of nitrogens with zero attached hydrogens (tertiary/aromatic N) is 2. The van der Waals surface area contributed by atoms with Crippen LogP contribution in [-0.2, 0) is 11.4 Å². The third-order valence-corrected chi connectivity index (χ3v) is 7.33. The van der Waals surface area contributed by atoms with Gasteiger partial charge in [0, 0.05) is 10.6 Å². The monoisotopic (exact) mass is 648 g/mol. The van der Waals surface area contributed by atoms with E-state index < -0.39 is 5.97 Å². The van der Waals surface area contributed by atoms with Crippen LogP contribution in [0.1, 0.15) is 28.4 Å². The number of carboxylic acids is 1. The van der Waals surface area contributed by atoms with Crippen LogP contribution in [0.5, 0.6) is 11.5 Å². The van der Waals surface area contributed by atoms with E-state index in [1.807, 2.05) is 31.2 Å². The molecule has 0 aliphatic carbocycles. The summed E-state index contributed by atoms with van der Waals surface area (Å²) >= 11 is 10.1. The molecule has 0 spiro atoms. The highest BCUT2D eigenvalue weighted by atomic mass is 127. The number of carbonyl (C=O) groups excluding carboxylic acids is 1. The molecule has 1 N–H and O–H groups in total. The van der Waals surface area contributed by atoms with Crippen molar-refractivity contribution in [1.29, 1.82) is 0 Å². The number of benzene rings is 3. The predicted octanol–water partition coefficient (Wildman–Crippen LogP) is 6.85. The van der Waals surface area contributed by atoms with Crippen LogP contribution in [0.4, 0.5) is 5.69 Å². The number of aromatic carboxylic acids is 1. The van der Waals surface area contributed by atoms with E-state index in [1.165, 1.54) is 28.8 Å². The number of hydrogen-bond donors (Lipinski definition) is 1. The van der Waals surface area contributed by atoms with Crippen molar-refractivity contribution in [3.05, 3.63) is 90.9 Å². The van der Waals surface area contributed by atoms with E-state index in [-0.39, 0.29) is 11.5 Å². The number of amidine groups is 1. The van der Waals surface area contributed by atoms with Gasteiger partial charge in [-0.15, -0.1) is 0 Å². The van der Waals surface area contributed by atoms with Crippen molar-refractivity contribution < 1.29 is 24.2 Å². The number of likely N-dealkylation sites (N-methyl/N-ethyl adjacent to an activating group) is 1. The first-order valence-corrected chi connectivity index (χ1v) is 13.5. The molecule has 37 heavy (non-hydrogen) atoms. The van der Waals surface area contributed by atoms with Crippen LogP contribution in [0.2, 0.25) is 5.02 Å². The topological polar surface area (TPSA) is 88.4 Å². The number of thioether (sulfide) groups is 1. The molecule has 1 amide bonds. The molecule has 0 atom stereocenters. The molecule has 10 heteroatoms. The molecule has 0 saturated carbocycles. The first-order chi connectivity index (χ1) is 17.7. The Bertz CT molecular complexity index is 1390. The minimum atomic E-state index is -1.01. The third kappa shape index (κ3) is 6.65. The van der Waals surface area contributed by atoms with Gasteiger partial charge in [0.2, 0.25) is 0 Å². The van der Waals surface area contributed by atoms with Crippen molar-refractivity contribution in [2.75, 3.05) is 13.7 Å². The summed E-state index contributed by atoms with van der Waals surface area (Å²) in [5, 5.41) is 9.92. The Morgan fingerprint density at radius 3 is 2.49 bits per heavy atom. The van der Waals surface area contributed by atoms with E-state index in [2.05, 4.69) is 27.6 Å². The summed E-state index contributed by atoms with van der Waals surface area (Å²) in [7, 11) is 1.64. The van der Waals surface area contributed by atoms with E-state index in [4.69, 9.17) is 26.2 Å². The van der Waals surface area contributed by atoms with E-state index in [0.29, 0.717) is 51.1 Å². The fourth-order valence-corrected chi connectivity index (χ4v) is 5.02. The molecule has 1 heterocycles. The Kier molecular flexibility index (Phi) is 8.78. The van der Waals surface area contributed by atoms with Gasteiger partial charge in [0.15, 0.2) is 16.7 Å². The second-order valence-corrected chi connectivity index (χ2v) is 10.6. The molecule has 0 radical (unpaired) electrons. The number of hydrogen-bond acceptors (Lipinski definition) is 6.